The average Bonchev–Trinajstić information content (AvgIpc) is 2.15. The van der Waals surface area contributed by atoms with Gasteiger partial charge < -0.3 is 5.11 Å². The molecular weight excluding hydrogens is 171 g/mol. The first-order chi connectivity index (χ1) is 6.27. The van der Waals surface area contributed by atoms with Crippen LogP contribution in [0.4, 0.5) is 4.39 Å². The highest BCUT2D eigenvalue weighted by Gasteiger charge is 2.02. The van der Waals surface area contributed by atoms with Crippen molar-refractivity contribution in [1.29, 1.82) is 0 Å². The second kappa shape index (κ2) is 4.72. The number of halogens is 1. The van der Waals surface area contributed by atoms with Gasteiger partial charge in [-0.05, 0) is 36.6 Å². The van der Waals surface area contributed by atoms with Gasteiger partial charge in [-0.2, -0.15) is 0 Å². The van der Waals surface area contributed by atoms with Gasteiger partial charge in [-0.15, -0.1) is 0 Å². The van der Waals surface area contributed by atoms with E-state index in [9.17, 15) is 9.18 Å². The predicted molar refractivity (Wildman–Crippen MR) is 47.2 cm³/mol. The van der Waals surface area contributed by atoms with Crippen LogP contribution in [0.15, 0.2) is 18.2 Å². The molecule has 1 aromatic carbocycles. The van der Waals surface area contributed by atoms with Gasteiger partial charge in [0, 0.05) is 12.2 Å². The molecule has 0 spiro atoms. The molecule has 1 aromatic rings. The maximum Gasteiger partial charge on any atom is 0.150 e. The Morgan fingerprint density at radius 2 is 2.23 bits per heavy atom. The maximum atomic E-state index is 12.7. The molecule has 0 aromatic heterocycles. The third-order valence-corrected chi connectivity index (χ3v) is 1.84. The molecule has 0 unspecified atom stereocenters. The Morgan fingerprint density at radius 3 is 2.85 bits per heavy atom. The van der Waals surface area contributed by atoms with Crippen molar-refractivity contribution in [2.45, 2.75) is 12.8 Å². The van der Waals surface area contributed by atoms with Crippen LogP contribution in [-0.4, -0.2) is 18.0 Å². The second-order valence-electron chi connectivity index (χ2n) is 2.79. The SMILES string of the molecule is O=Cc1ccc(F)cc1CCCO. The summed E-state index contributed by atoms with van der Waals surface area (Å²) < 4.78 is 12.7. The fourth-order valence-electron chi connectivity index (χ4n) is 1.18. The highest BCUT2D eigenvalue weighted by atomic mass is 19.1. The molecule has 0 saturated heterocycles. The molecule has 1 rings (SSSR count). The third kappa shape index (κ3) is 2.63. The summed E-state index contributed by atoms with van der Waals surface area (Å²) in [5.41, 5.74) is 1.15. The number of aryl methyl sites for hydroxylation is 1. The van der Waals surface area contributed by atoms with Crippen LogP contribution in [0, 0.1) is 5.82 Å². The van der Waals surface area contributed by atoms with E-state index in [0.717, 1.165) is 0 Å². The van der Waals surface area contributed by atoms with Crippen LogP contribution in [0.25, 0.3) is 0 Å². The first-order valence-corrected chi connectivity index (χ1v) is 4.12. The quantitative estimate of drug-likeness (QED) is 0.717. The summed E-state index contributed by atoms with van der Waals surface area (Å²) in [7, 11) is 0. The van der Waals surface area contributed by atoms with Crippen LogP contribution in [0.5, 0.6) is 0 Å². The van der Waals surface area contributed by atoms with Gasteiger partial charge in [-0.3, -0.25) is 4.79 Å². The summed E-state index contributed by atoms with van der Waals surface area (Å²) in [4.78, 5) is 10.5. The summed E-state index contributed by atoms with van der Waals surface area (Å²) in [6, 6.07) is 4.04. The summed E-state index contributed by atoms with van der Waals surface area (Å²) in [5.74, 6) is -0.349. The zero-order chi connectivity index (χ0) is 9.68. The van der Waals surface area contributed by atoms with Crippen LogP contribution >= 0.6 is 0 Å². The molecule has 1 N–H and O–H groups in total. The predicted octanol–water partition coefficient (Wildman–Crippen LogP) is 1.56. The lowest BCUT2D eigenvalue weighted by atomic mass is 10.0. The Hall–Kier alpha value is -1.22. The first kappa shape index (κ1) is 9.86. The smallest absolute Gasteiger partial charge is 0.150 e. The van der Waals surface area contributed by atoms with E-state index in [0.29, 0.717) is 30.3 Å². The lowest BCUT2D eigenvalue weighted by Crippen LogP contribution is -1.96. The van der Waals surface area contributed by atoms with Gasteiger partial charge in [0.05, 0.1) is 0 Å². The number of hydrogen-bond donors (Lipinski definition) is 1. The molecule has 70 valence electrons. The zero-order valence-corrected chi connectivity index (χ0v) is 7.16. The van der Waals surface area contributed by atoms with Crippen molar-refractivity contribution in [3.05, 3.63) is 35.1 Å². The molecular formula is C10H11FO2. The van der Waals surface area contributed by atoms with E-state index in [-0.39, 0.29) is 12.4 Å². The van der Waals surface area contributed by atoms with Gasteiger partial charge in [-0.25, -0.2) is 4.39 Å². The van der Waals surface area contributed by atoms with Gasteiger partial charge in [-0.1, -0.05) is 0 Å². The largest absolute Gasteiger partial charge is 0.396 e. The molecule has 0 fully saturated rings. The minimum atomic E-state index is -0.349. The van der Waals surface area contributed by atoms with Crippen LogP contribution in [-0.2, 0) is 6.42 Å². The molecule has 0 aliphatic heterocycles. The zero-order valence-electron chi connectivity index (χ0n) is 7.16. The van der Waals surface area contributed by atoms with Crippen LogP contribution < -0.4 is 0 Å². The normalized spacial score (nSPS) is 10.0. The molecule has 0 aliphatic rings. The monoisotopic (exact) mass is 182 g/mol. The second-order valence-corrected chi connectivity index (χ2v) is 2.79. The third-order valence-electron chi connectivity index (χ3n) is 1.84. The van der Waals surface area contributed by atoms with Gasteiger partial charge in [0.15, 0.2) is 0 Å². The average molecular weight is 182 g/mol. The lowest BCUT2D eigenvalue weighted by Gasteiger charge is -2.02. The first-order valence-electron chi connectivity index (χ1n) is 4.12. The summed E-state index contributed by atoms with van der Waals surface area (Å²) in [6.45, 7) is 0.0504. The van der Waals surface area contributed by atoms with Gasteiger partial charge >= 0.3 is 0 Å². The van der Waals surface area contributed by atoms with Crippen molar-refractivity contribution in [1.82, 2.24) is 0 Å². The number of carbonyl (C=O) groups excluding carboxylic acids is 1. The molecule has 0 amide bonds. The van der Waals surface area contributed by atoms with Crippen molar-refractivity contribution < 1.29 is 14.3 Å². The van der Waals surface area contributed by atoms with E-state index >= 15 is 0 Å². The van der Waals surface area contributed by atoms with Gasteiger partial charge in [0.2, 0.25) is 0 Å². The molecule has 0 atom stereocenters. The van der Waals surface area contributed by atoms with Crippen LogP contribution in [0.3, 0.4) is 0 Å². The van der Waals surface area contributed by atoms with Crippen molar-refractivity contribution in [3.63, 3.8) is 0 Å². The van der Waals surface area contributed by atoms with Crippen LogP contribution in [0.2, 0.25) is 0 Å². The molecule has 0 heterocycles. The van der Waals surface area contributed by atoms with E-state index < -0.39 is 0 Å². The number of rotatable bonds is 4. The van der Waals surface area contributed by atoms with E-state index in [4.69, 9.17) is 5.11 Å². The molecule has 0 radical (unpaired) electrons. The topological polar surface area (TPSA) is 37.3 Å². The van der Waals surface area contributed by atoms with Crippen molar-refractivity contribution >= 4 is 6.29 Å². The maximum absolute atomic E-state index is 12.7. The highest BCUT2D eigenvalue weighted by molar-refractivity contribution is 5.77. The van der Waals surface area contributed by atoms with Crippen molar-refractivity contribution in [2.75, 3.05) is 6.61 Å². The molecule has 0 saturated carbocycles. The minimum absolute atomic E-state index is 0.0504. The molecule has 0 aliphatic carbocycles. The van der Waals surface area contributed by atoms with Gasteiger partial charge in [0.25, 0.3) is 0 Å². The van der Waals surface area contributed by atoms with E-state index in [1.807, 2.05) is 0 Å². The summed E-state index contributed by atoms with van der Waals surface area (Å²) in [5, 5.41) is 8.58. The molecule has 13 heavy (non-hydrogen) atoms. The van der Waals surface area contributed by atoms with Crippen LogP contribution in [0.1, 0.15) is 22.3 Å². The Labute approximate surface area is 76.0 Å². The number of hydrogen-bond acceptors (Lipinski definition) is 2. The van der Waals surface area contributed by atoms with E-state index in [1.165, 1.54) is 18.2 Å². The fourth-order valence-corrected chi connectivity index (χ4v) is 1.18. The lowest BCUT2D eigenvalue weighted by molar-refractivity contribution is 0.112. The number of aliphatic hydroxyl groups is 1. The number of aliphatic hydroxyl groups excluding tert-OH is 1. The van der Waals surface area contributed by atoms with E-state index in [2.05, 4.69) is 0 Å². The highest BCUT2D eigenvalue weighted by Crippen LogP contribution is 2.11. The fraction of sp³-hybridized carbons (Fsp3) is 0.300. The summed E-state index contributed by atoms with van der Waals surface area (Å²) >= 11 is 0. The van der Waals surface area contributed by atoms with Crippen molar-refractivity contribution in [3.8, 4) is 0 Å². The van der Waals surface area contributed by atoms with Gasteiger partial charge in [0.1, 0.15) is 12.1 Å². The Kier molecular flexibility index (Phi) is 3.58. The Balaban J connectivity index is 2.87. The standard InChI is InChI=1S/C10H11FO2/c11-10-4-3-9(7-13)8(6-10)2-1-5-12/h3-4,6-7,12H,1-2,5H2. The number of carbonyl (C=O) groups is 1. The Bertz CT molecular complexity index is 297. The minimum Gasteiger partial charge on any atom is -0.396 e. The Morgan fingerprint density at radius 1 is 1.46 bits per heavy atom. The summed E-state index contributed by atoms with van der Waals surface area (Å²) in [6.07, 6.45) is 1.78. The number of aldehydes is 1. The van der Waals surface area contributed by atoms with Crippen molar-refractivity contribution in [2.24, 2.45) is 0 Å². The molecule has 2 nitrogen and oxygen atoms in total. The molecule has 3 heteroatoms. The molecule has 0 bridgehead atoms. The number of benzene rings is 1. The van der Waals surface area contributed by atoms with E-state index in [1.54, 1.807) is 0 Å².